The minimum Gasteiger partial charge on any atom is -0.494 e. The molecule has 0 fully saturated rings. The summed E-state index contributed by atoms with van der Waals surface area (Å²) in [7, 11) is 0. The minimum atomic E-state index is 0.0300. The number of rotatable bonds is 6. The van der Waals surface area contributed by atoms with Gasteiger partial charge in [-0.05, 0) is 49.9 Å². The van der Waals surface area contributed by atoms with Gasteiger partial charge in [0, 0.05) is 16.3 Å². The summed E-state index contributed by atoms with van der Waals surface area (Å²) in [5, 5.41) is 1.42. The first-order chi connectivity index (χ1) is 10.7. The molecule has 1 aromatic heterocycles. The van der Waals surface area contributed by atoms with Crippen LogP contribution in [0.25, 0.3) is 0 Å². The Bertz CT molecular complexity index is 700. The first kappa shape index (κ1) is 15.4. The van der Waals surface area contributed by atoms with Crippen LogP contribution in [0.3, 0.4) is 0 Å². The van der Waals surface area contributed by atoms with Crippen molar-refractivity contribution in [3.8, 4) is 5.75 Å². The molecule has 1 N–H and O–H groups in total. The first-order valence-electron chi connectivity index (χ1n) is 7.35. The van der Waals surface area contributed by atoms with Crippen LogP contribution in [0, 0.1) is 0 Å². The van der Waals surface area contributed by atoms with Crippen molar-refractivity contribution in [2.24, 2.45) is 0 Å². The molecule has 0 atom stereocenters. The molecular weight excluding hydrogens is 320 g/mol. The lowest BCUT2D eigenvalue weighted by molar-refractivity contribution is 0.318. The van der Waals surface area contributed by atoms with Crippen LogP contribution in [0.4, 0.5) is 0 Å². The van der Waals surface area contributed by atoms with Crippen molar-refractivity contribution in [3.05, 3.63) is 50.9 Å². The molecule has 22 heavy (non-hydrogen) atoms. The highest BCUT2D eigenvalue weighted by Crippen LogP contribution is 2.20. The number of aromatic nitrogens is 2. The van der Waals surface area contributed by atoms with Gasteiger partial charge in [-0.1, -0.05) is 23.4 Å². The van der Waals surface area contributed by atoms with E-state index in [2.05, 4.69) is 9.97 Å². The largest absolute Gasteiger partial charge is 0.494 e. The van der Waals surface area contributed by atoms with Crippen molar-refractivity contribution in [2.45, 2.75) is 30.8 Å². The number of ether oxygens (including phenoxy) is 1. The maximum atomic E-state index is 11.9. The van der Waals surface area contributed by atoms with E-state index < -0.39 is 0 Å². The summed E-state index contributed by atoms with van der Waals surface area (Å²) < 4.78 is 5.63. The molecule has 116 valence electrons. The molecule has 3 rings (SSSR count). The predicted molar refractivity (Wildman–Crippen MR) is 89.2 cm³/mol. The Morgan fingerprint density at radius 2 is 2.09 bits per heavy atom. The molecule has 0 radical (unpaired) electrons. The molecule has 1 aliphatic carbocycles. The number of hydrogen-bond donors (Lipinski definition) is 1. The topological polar surface area (TPSA) is 55.0 Å². The minimum absolute atomic E-state index is 0.0300. The Kier molecular flexibility index (Phi) is 5.05. The van der Waals surface area contributed by atoms with Gasteiger partial charge in [0.1, 0.15) is 5.75 Å². The number of hydrogen-bond acceptors (Lipinski definition) is 4. The van der Waals surface area contributed by atoms with E-state index >= 15 is 0 Å². The number of aryl methyl sites for hydroxylation is 1. The van der Waals surface area contributed by atoms with Gasteiger partial charge in [-0.2, -0.15) is 0 Å². The Labute approximate surface area is 138 Å². The van der Waals surface area contributed by atoms with Crippen molar-refractivity contribution in [1.29, 1.82) is 0 Å². The molecule has 0 saturated carbocycles. The number of fused-ring (bicyclic) bond motifs is 1. The highest BCUT2D eigenvalue weighted by atomic mass is 35.5. The second-order valence-electron chi connectivity index (χ2n) is 5.15. The van der Waals surface area contributed by atoms with Crippen molar-refractivity contribution < 1.29 is 4.74 Å². The van der Waals surface area contributed by atoms with Gasteiger partial charge in [-0.25, -0.2) is 4.98 Å². The number of nitrogens with one attached hydrogen (secondary N) is 1. The van der Waals surface area contributed by atoms with Crippen molar-refractivity contribution in [3.63, 3.8) is 0 Å². The Hall–Kier alpha value is -1.46. The smallest absolute Gasteiger partial charge is 0.254 e. The van der Waals surface area contributed by atoms with E-state index in [0.717, 1.165) is 53.6 Å². The molecular formula is C16H17ClN2O2S. The van der Waals surface area contributed by atoms with E-state index in [0.29, 0.717) is 11.6 Å². The van der Waals surface area contributed by atoms with Gasteiger partial charge < -0.3 is 9.72 Å². The normalized spacial score (nSPS) is 13.1. The average molecular weight is 337 g/mol. The van der Waals surface area contributed by atoms with E-state index in [1.54, 1.807) is 11.8 Å². The van der Waals surface area contributed by atoms with Crippen LogP contribution in [-0.4, -0.2) is 22.3 Å². The fourth-order valence-electron chi connectivity index (χ4n) is 2.44. The van der Waals surface area contributed by atoms with Crippen LogP contribution in [0.1, 0.15) is 24.1 Å². The standard InChI is InChI=1S/C16H17ClN2O2S/c17-11-5-7-12(8-6-11)21-9-2-10-22-16-18-14-4-1-3-13(14)15(20)19-16/h5-8H,1-4,9-10H2,(H,18,19,20). The highest BCUT2D eigenvalue weighted by molar-refractivity contribution is 7.99. The Morgan fingerprint density at radius 1 is 1.27 bits per heavy atom. The van der Waals surface area contributed by atoms with E-state index in [9.17, 15) is 4.79 Å². The summed E-state index contributed by atoms with van der Waals surface area (Å²) in [6.07, 6.45) is 3.70. The zero-order chi connectivity index (χ0) is 15.4. The van der Waals surface area contributed by atoms with Crippen LogP contribution >= 0.6 is 23.4 Å². The number of aromatic amines is 1. The third kappa shape index (κ3) is 3.84. The van der Waals surface area contributed by atoms with Gasteiger partial charge in [0.15, 0.2) is 5.16 Å². The van der Waals surface area contributed by atoms with Crippen LogP contribution in [-0.2, 0) is 12.8 Å². The molecule has 4 nitrogen and oxygen atoms in total. The monoisotopic (exact) mass is 336 g/mol. The maximum Gasteiger partial charge on any atom is 0.254 e. The summed E-state index contributed by atoms with van der Waals surface area (Å²) in [5.74, 6) is 1.67. The van der Waals surface area contributed by atoms with Gasteiger partial charge in [0.05, 0.1) is 12.3 Å². The zero-order valence-corrected chi connectivity index (χ0v) is 13.7. The van der Waals surface area contributed by atoms with Crippen molar-refractivity contribution in [1.82, 2.24) is 9.97 Å². The summed E-state index contributed by atoms with van der Waals surface area (Å²) >= 11 is 7.39. The Morgan fingerprint density at radius 3 is 2.91 bits per heavy atom. The third-order valence-corrected chi connectivity index (χ3v) is 4.74. The van der Waals surface area contributed by atoms with Crippen molar-refractivity contribution >= 4 is 23.4 Å². The van der Waals surface area contributed by atoms with E-state index in [-0.39, 0.29) is 5.56 Å². The fourth-order valence-corrected chi connectivity index (χ4v) is 3.36. The number of H-pyrrole nitrogens is 1. The van der Waals surface area contributed by atoms with Gasteiger partial charge in [-0.3, -0.25) is 4.79 Å². The summed E-state index contributed by atoms with van der Waals surface area (Å²) in [4.78, 5) is 19.3. The summed E-state index contributed by atoms with van der Waals surface area (Å²) in [5.41, 5.74) is 1.88. The molecule has 1 heterocycles. The molecule has 0 bridgehead atoms. The van der Waals surface area contributed by atoms with Crippen molar-refractivity contribution in [2.75, 3.05) is 12.4 Å². The lowest BCUT2D eigenvalue weighted by atomic mass is 10.3. The number of halogens is 1. The van der Waals surface area contributed by atoms with E-state index in [1.165, 1.54) is 0 Å². The van der Waals surface area contributed by atoms with E-state index in [4.69, 9.17) is 16.3 Å². The van der Waals surface area contributed by atoms with Gasteiger partial charge >= 0.3 is 0 Å². The lowest BCUT2D eigenvalue weighted by Crippen LogP contribution is -2.15. The summed E-state index contributed by atoms with van der Waals surface area (Å²) in [6, 6.07) is 7.33. The zero-order valence-electron chi connectivity index (χ0n) is 12.1. The SMILES string of the molecule is O=c1[nH]c(SCCCOc2ccc(Cl)cc2)nc2c1CCC2. The molecule has 0 amide bonds. The molecule has 0 unspecified atom stereocenters. The maximum absolute atomic E-state index is 11.9. The number of thioether (sulfide) groups is 1. The highest BCUT2D eigenvalue weighted by Gasteiger charge is 2.16. The van der Waals surface area contributed by atoms with Gasteiger partial charge in [0.25, 0.3) is 5.56 Å². The molecule has 0 aliphatic heterocycles. The van der Waals surface area contributed by atoms with Crippen LogP contribution in [0.15, 0.2) is 34.2 Å². The second-order valence-corrected chi connectivity index (χ2v) is 6.67. The predicted octanol–water partition coefficient (Wildman–Crippen LogP) is 3.47. The molecule has 1 aromatic carbocycles. The quantitative estimate of drug-likeness (QED) is 0.498. The molecule has 0 spiro atoms. The molecule has 1 aliphatic rings. The fraction of sp³-hybridized carbons (Fsp3) is 0.375. The number of benzene rings is 1. The lowest BCUT2D eigenvalue weighted by Gasteiger charge is -2.06. The van der Waals surface area contributed by atoms with Gasteiger partial charge in [0.2, 0.25) is 0 Å². The summed E-state index contributed by atoms with van der Waals surface area (Å²) in [6.45, 7) is 0.629. The number of nitrogens with zero attached hydrogens (tertiary/aromatic N) is 1. The molecule has 2 aromatic rings. The Balaban J connectivity index is 1.45. The molecule has 0 saturated heterocycles. The van der Waals surface area contributed by atoms with Crippen LogP contribution in [0.5, 0.6) is 5.75 Å². The molecule has 6 heteroatoms. The third-order valence-electron chi connectivity index (χ3n) is 3.53. The van der Waals surface area contributed by atoms with E-state index in [1.807, 2.05) is 24.3 Å². The second kappa shape index (κ2) is 7.20. The van der Waals surface area contributed by atoms with Crippen LogP contribution < -0.4 is 10.3 Å². The van der Waals surface area contributed by atoms with Crippen LogP contribution in [0.2, 0.25) is 5.02 Å². The first-order valence-corrected chi connectivity index (χ1v) is 8.72. The van der Waals surface area contributed by atoms with Gasteiger partial charge in [-0.15, -0.1) is 0 Å². The average Bonchev–Trinajstić information content (AvgIpc) is 2.98.